The van der Waals surface area contributed by atoms with Gasteiger partial charge in [0.1, 0.15) is 12.4 Å². The second kappa shape index (κ2) is 10.5. The van der Waals surface area contributed by atoms with Crippen molar-refractivity contribution in [3.63, 3.8) is 0 Å². The Morgan fingerprint density at radius 3 is 2.02 bits per heavy atom. The van der Waals surface area contributed by atoms with E-state index in [1.165, 1.54) is 6.07 Å². The number of carbonyl (C=O) groups excluding carboxylic acids is 1. The van der Waals surface area contributed by atoms with Crippen LogP contribution in [0.3, 0.4) is 0 Å². The minimum absolute atomic E-state index is 0.0298. The van der Waals surface area contributed by atoms with E-state index in [-0.39, 0.29) is 24.8 Å². The van der Waals surface area contributed by atoms with E-state index in [1.54, 1.807) is 13.8 Å². The van der Waals surface area contributed by atoms with Crippen LogP contribution in [0.25, 0.3) is 11.1 Å². The molecule has 2 aliphatic rings. The number of rotatable bonds is 7. The minimum Gasteiger partial charge on any atom is -0.449 e. The molecule has 1 N–H and O–H groups in total. The summed E-state index contributed by atoms with van der Waals surface area (Å²) in [7, 11) is -6.17. The Balaban J connectivity index is 1.36. The van der Waals surface area contributed by atoms with Crippen LogP contribution in [0, 0.1) is 13.8 Å². The van der Waals surface area contributed by atoms with Gasteiger partial charge in [0, 0.05) is 12.5 Å². The highest BCUT2D eigenvalue weighted by molar-refractivity contribution is 7.81. The van der Waals surface area contributed by atoms with Gasteiger partial charge in [-0.25, -0.2) is 4.79 Å². The van der Waals surface area contributed by atoms with E-state index in [1.807, 2.05) is 64.1 Å². The van der Waals surface area contributed by atoms with Crippen molar-refractivity contribution in [1.29, 1.82) is 0 Å². The van der Waals surface area contributed by atoms with Crippen LogP contribution in [0.2, 0.25) is 0 Å². The van der Waals surface area contributed by atoms with E-state index in [9.17, 15) is 17.1 Å². The zero-order valence-electron chi connectivity index (χ0n) is 23.9. The summed E-state index contributed by atoms with van der Waals surface area (Å²) >= 11 is 0. The second-order valence-corrected chi connectivity index (χ2v) is 12.4. The smallest absolute Gasteiger partial charge is 0.449 e. The lowest BCUT2D eigenvalue weighted by molar-refractivity contribution is 0.00578. The van der Waals surface area contributed by atoms with Crippen molar-refractivity contribution in [3.05, 3.63) is 82.4 Å². The van der Waals surface area contributed by atoms with Crippen LogP contribution in [0.15, 0.2) is 54.6 Å². The average molecular weight is 581 g/mol. The number of carbonyl (C=O) groups is 1. The molecule has 1 amide bonds. The van der Waals surface area contributed by atoms with Gasteiger partial charge in [0.15, 0.2) is 0 Å². The molecular weight excluding hydrogens is 548 g/mol. The molecule has 3 aromatic carbocycles. The fourth-order valence-corrected chi connectivity index (χ4v) is 5.86. The van der Waals surface area contributed by atoms with E-state index in [4.69, 9.17) is 14.0 Å². The van der Waals surface area contributed by atoms with Crippen LogP contribution in [-0.2, 0) is 31.1 Å². The molecule has 8 nitrogen and oxygen atoms in total. The summed E-state index contributed by atoms with van der Waals surface area (Å²) in [6.45, 7) is 11.1. The molecule has 0 radical (unpaired) electrons. The zero-order valence-corrected chi connectivity index (χ0v) is 24.7. The third-order valence-electron chi connectivity index (χ3n) is 8.41. The number of hydrogen-bond acceptors (Lipinski definition) is 7. The number of benzene rings is 3. The summed E-state index contributed by atoms with van der Waals surface area (Å²) in [5.74, 6) is -0.314. The fraction of sp³-hybridized carbons (Fsp3) is 0.367. The Kier molecular flexibility index (Phi) is 7.42. The van der Waals surface area contributed by atoms with Gasteiger partial charge in [0.05, 0.1) is 11.2 Å². The first kappa shape index (κ1) is 29.1. The number of fused-ring (bicyclic) bond motifs is 3. The van der Waals surface area contributed by atoms with Crippen LogP contribution >= 0.6 is 0 Å². The molecule has 1 saturated heterocycles. The topological polar surface area (TPSA) is 100 Å². The summed E-state index contributed by atoms with van der Waals surface area (Å²) in [6, 6.07) is 17.5. The molecule has 1 fully saturated rings. The Hall–Kier alpha value is -3.41. The van der Waals surface area contributed by atoms with Gasteiger partial charge in [-0.05, 0) is 92.0 Å². The van der Waals surface area contributed by atoms with E-state index >= 15 is 0 Å². The number of halogens is 1. The highest BCUT2D eigenvalue weighted by Crippen LogP contribution is 2.44. The SMILES string of the molecule is Cc1c(CNC(=O)OCC2c3ccccc3-c3ccccc32)cc(OS(=O)(=O)F)c(C)c1B1OC(C)(C)C(C)(C)O1. The highest BCUT2D eigenvalue weighted by atomic mass is 32.3. The number of hydrogen-bond donors (Lipinski definition) is 1. The van der Waals surface area contributed by atoms with E-state index in [0.717, 1.165) is 22.3 Å². The van der Waals surface area contributed by atoms with Crippen molar-refractivity contribution in [2.75, 3.05) is 6.61 Å². The van der Waals surface area contributed by atoms with Crippen molar-refractivity contribution in [2.45, 2.75) is 65.2 Å². The summed E-state index contributed by atoms with van der Waals surface area (Å²) in [5.41, 5.74) is 5.14. The maximum absolute atomic E-state index is 13.6. The molecule has 1 aliphatic heterocycles. The predicted molar refractivity (Wildman–Crippen MR) is 154 cm³/mol. The molecule has 0 saturated carbocycles. The molecule has 11 heteroatoms. The molecule has 1 aliphatic carbocycles. The second-order valence-electron chi connectivity index (χ2n) is 11.4. The minimum atomic E-state index is -5.31. The van der Waals surface area contributed by atoms with Gasteiger partial charge in [-0.15, -0.1) is 0 Å². The number of amides is 1. The lowest BCUT2D eigenvalue weighted by atomic mass is 9.72. The Bertz CT molecular complexity index is 1560. The van der Waals surface area contributed by atoms with Crippen LogP contribution in [-0.4, -0.2) is 39.4 Å². The molecule has 3 aromatic rings. The molecule has 216 valence electrons. The molecule has 0 bridgehead atoms. The van der Waals surface area contributed by atoms with Gasteiger partial charge >= 0.3 is 23.7 Å². The van der Waals surface area contributed by atoms with Crippen molar-refractivity contribution in [3.8, 4) is 16.9 Å². The Morgan fingerprint density at radius 2 is 1.49 bits per heavy atom. The number of alkyl carbamates (subject to hydrolysis) is 1. The third-order valence-corrected chi connectivity index (χ3v) is 8.79. The van der Waals surface area contributed by atoms with Gasteiger partial charge < -0.3 is 23.5 Å². The van der Waals surface area contributed by atoms with Crippen LogP contribution < -0.4 is 15.0 Å². The van der Waals surface area contributed by atoms with Gasteiger partial charge in [0.2, 0.25) is 0 Å². The normalized spacial score (nSPS) is 17.2. The number of nitrogens with one attached hydrogen (secondary N) is 1. The summed E-state index contributed by atoms with van der Waals surface area (Å²) < 4.78 is 59.1. The van der Waals surface area contributed by atoms with Crippen molar-refractivity contribution in [2.24, 2.45) is 0 Å². The summed E-state index contributed by atoms with van der Waals surface area (Å²) in [4.78, 5) is 12.8. The molecule has 0 aromatic heterocycles. The van der Waals surface area contributed by atoms with Gasteiger partial charge in [-0.1, -0.05) is 52.4 Å². The molecule has 1 heterocycles. The van der Waals surface area contributed by atoms with Gasteiger partial charge in [-0.2, -0.15) is 8.42 Å². The molecule has 0 atom stereocenters. The Morgan fingerprint density at radius 1 is 0.951 bits per heavy atom. The quantitative estimate of drug-likeness (QED) is 0.301. The van der Waals surface area contributed by atoms with Crippen molar-refractivity contribution < 1.29 is 35.3 Å². The monoisotopic (exact) mass is 581 g/mol. The lowest BCUT2D eigenvalue weighted by Crippen LogP contribution is -2.41. The zero-order chi connectivity index (χ0) is 29.7. The molecule has 0 spiro atoms. The van der Waals surface area contributed by atoms with E-state index in [2.05, 4.69) is 21.6 Å². The van der Waals surface area contributed by atoms with Crippen LogP contribution in [0.5, 0.6) is 5.75 Å². The van der Waals surface area contributed by atoms with Crippen molar-refractivity contribution >= 4 is 29.2 Å². The first-order valence-electron chi connectivity index (χ1n) is 13.4. The van der Waals surface area contributed by atoms with Gasteiger partial charge in [0.25, 0.3) is 0 Å². The predicted octanol–water partition coefficient (Wildman–Crippen LogP) is 5.23. The molecule has 41 heavy (non-hydrogen) atoms. The molecule has 5 rings (SSSR count). The van der Waals surface area contributed by atoms with Crippen molar-refractivity contribution in [1.82, 2.24) is 5.32 Å². The Labute approximate surface area is 240 Å². The first-order chi connectivity index (χ1) is 19.2. The van der Waals surface area contributed by atoms with Gasteiger partial charge in [-0.3, -0.25) is 0 Å². The fourth-order valence-electron chi connectivity index (χ4n) is 5.47. The standard InChI is InChI=1S/C30H33BFNO7S/c1-18-20(15-26(38-41(32,35)36)19(2)27(18)31-39-29(3,4)30(5,6)40-31)16-33-28(34)37-17-25-23-13-9-7-11-21(23)22-12-8-10-14-24(22)25/h7-15,25H,16-17H2,1-6H3,(H,33,34). The largest absolute Gasteiger partial charge is 0.495 e. The molecular formula is C30H33BFNO7S. The van der Waals surface area contributed by atoms with Crippen LogP contribution in [0.4, 0.5) is 8.68 Å². The third kappa shape index (κ3) is 5.58. The molecule has 0 unspecified atom stereocenters. The highest BCUT2D eigenvalue weighted by Gasteiger charge is 2.52. The maximum atomic E-state index is 13.6. The van der Waals surface area contributed by atoms with E-state index < -0.39 is 34.9 Å². The summed E-state index contributed by atoms with van der Waals surface area (Å²) in [5, 5.41) is 2.73. The lowest BCUT2D eigenvalue weighted by Gasteiger charge is -2.32. The van der Waals surface area contributed by atoms with E-state index in [0.29, 0.717) is 22.2 Å². The average Bonchev–Trinajstić information content (AvgIpc) is 3.32. The summed E-state index contributed by atoms with van der Waals surface area (Å²) in [6.07, 6.45) is -0.649. The maximum Gasteiger partial charge on any atom is 0.495 e. The number of ether oxygens (including phenoxy) is 1. The first-order valence-corrected chi connectivity index (χ1v) is 14.7. The van der Waals surface area contributed by atoms with Crippen LogP contribution in [0.1, 0.15) is 61.4 Å².